The topological polar surface area (TPSA) is 12.0 Å². The van der Waals surface area contributed by atoms with Crippen molar-refractivity contribution in [2.24, 2.45) is 0 Å². The van der Waals surface area contributed by atoms with Crippen molar-refractivity contribution in [2.75, 3.05) is 7.05 Å². The van der Waals surface area contributed by atoms with Crippen molar-refractivity contribution in [3.8, 4) is 0 Å². The van der Waals surface area contributed by atoms with E-state index in [2.05, 4.69) is 27.9 Å². The molecule has 2 aromatic carbocycles. The Morgan fingerprint density at radius 3 is 2.40 bits per heavy atom. The van der Waals surface area contributed by atoms with Crippen LogP contribution in [0.2, 0.25) is 0 Å². The predicted octanol–water partition coefficient (Wildman–Crippen LogP) is 4.21. The molecule has 2 rings (SSSR count). The van der Waals surface area contributed by atoms with Crippen LogP contribution in [-0.2, 0) is 6.42 Å². The molecule has 1 nitrogen and oxygen atoms in total. The second-order valence-electron chi connectivity index (χ2n) is 4.46. The van der Waals surface area contributed by atoms with E-state index in [-0.39, 0.29) is 11.9 Å². The van der Waals surface area contributed by atoms with E-state index >= 15 is 0 Å². The summed E-state index contributed by atoms with van der Waals surface area (Å²) in [5.74, 6) is -2.00. The van der Waals surface area contributed by atoms with Crippen LogP contribution in [0.25, 0.3) is 0 Å². The molecule has 0 aliphatic carbocycles. The summed E-state index contributed by atoms with van der Waals surface area (Å²) in [6.07, 6.45) is 0.495. The molecular formula is C15H13F3IN. The Labute approximate surface area is 129 Å². The van der Waals surface area contributed by atoms with E-state index in [1.54, 1.807) is 19.2 Å². The van der Waals surface area contributed by atoms with Crippen molar-refractivity contribution in [1.82, 2.24) is 5.32 Å². The summed E-state index contributed by atoms with van der Waals surface area (Å²) in [4.78, 5) is 0. The largest absolute Gasteiger partial charge is 0.313 e. The predicted molar refractivity (Wildman–Crippen MR) is 81.0 cm³/mol. The first-order valence-electron chi connectivity index (χ1n) is 6.07. The highest BCUT2D eigenvalue weighted by atomic mass is 127. The summed E-state index contributed by atoms with van der Waals surface area (Å²) >= 11 is 2.07. The SMILES string of the molecule is CNC(Cc1ccc(F)c(F)c1)c1ccc(F)cc1I. The molecule has 0 fully saturated rings. The first kappa shape index (κ1) is 15.3. The number of hydrogen-bond donors (Lipinski definition) is 1. The number of hydrogen-bond acceptors (Lipinski definition) is 1. The summed E-state index contributed by atoms with van der Waals surface area (Å²) in [5, 5.41) is 3.12. The van der Waals surface area contributed by atoms with E-state index in [4.69, 9.17) is 0 Å². The highest BCUT2D eigenvalue weighted by Gasteiger charge is 2.15. The Balaban J connectivity index is 2.26. The molecular weight excluding hydrogens is 378 g/mol. The zero-order chi connectivity index (χ0) is 14.7. The molecule has 0 saturated heterocycles. The van der Waals surface area contributed by atoms with Crippen molar-refractivity contribution >= 4 is 22.6 Å². The Morgan fingerprint density at radius 2 is 1.80 bits per heavy atom. The molecule has 0 aliphatic heterocycles. The summed E-state index contributed by atoms with van der Waals surface area (Å²) in [6.45, 7) is 0. The Morgan fingerprint density at radius 1 is 1.05 bits per heavy atom. The van der Waals surface area contributed by atoms with E-state index in [0.29, 0.717) is 12.0 Å². The zero-order valence-corrected chi connectivity index (χ0v) is 12.9. The molecule has 2 aromatic rings. The highest BCUT2D eigenvalue weighted by molar-refractivity contribution is 14.1. The summed E-state index contributed by atoms with van der Waals surface area (Å²) in [6, 6.07) is 8.33. The average molecular weight is 391 g/mol. The van der Waals surface area contributed by atoms with Crippen molar-refractivity contribution < 1.29 is 13.2 Å². The van der Waals surface area contributed by atoms with Crippen LogP contribution < -0.4 is 5.32 Å². The van der Waals surface area contributed by atoms with Crippen LogP contribution in [0.15, 0.2) is 36.4 Å². The van der Waals surface area contributed by atoms with Gasteiger partial charge in [0.15, 0.2) is 11.6 Å². The van der Waals surface area contributed by atoms with Gasteiger partial charge in [0.25, 0.3) is 0 Å². The number of halogens is 4. The van der Waals surface area contributed by atoms with Crippen LogP contribution >= 0.6 is 22.6 Å². The van der Waals surface area contributed by atoms with Crippen LogP contribution in [0, 0.1) is 21.0 Å². The quantitative estimate of drug-likeness (QED) is 0.771. The molecule has 0 spiro atoms. The normalized spacial score (nSPS) is 12.4. The molecule has 0 heterocycles. The van der Waals surface area contributed by atoms with Gasteiger partial charge in [-0.1, -0.05) is 12.1 Å². The van der Waals surface area contributed by atoms with Crippen LogP contribution in [0.1, 0.15) is 17.2 Å². The minimum absolute atomic E-state index is 0.0904. The van der Waals surface area contributed by atoms with Crippen molar-refractivity contribution in [1.29, 1.82) is 0 Å². The zero-order valence-electron chi connectivity index (χ0n) is 10.8. The molecule has 0 aromatic heterocycles. The van der Waals surface area contributed by atoms with Gasteiger partial charge in [-0.3, -0.25) is 0 Å². The second kappa shape index (κ2) is 6.58. The molecule has 1 unspecified atom stereocenters. The second-order valence-corrected chi connectivity index (χ2v) is 5.62. The van der Waals surface area contributed by atoms with Crippen molar-refractivity contribution in [3.05, 3.63) is 68.5 Å². The van der Waals surface area contributed by atoms with Gasteiger partial charge in [-0.2, -0.15) is 0 Å². The molecule has 0 bridgehead atoms. The number of rotatable bonds is 4. The van der Waals surface area contributed by atoms with Crippen LogP contribution in [0.4, 0.5) is 13.2 Å². The summed E-state index contributed by atoms with van der Waals surface area (Å²) in [5.41, 5.74) is 1.61. The van der Waals surface area contributed by atoms with E-state index in [1.165, 1.54) is 18.2 Å². The van der Waals surface area contributed by atoms with Gasteiger partial charge in [0.1, 0.15) is 5.82 Å². The van der Waals surface area contributed by atoms with Gasteiger partial charge in [-0.05, 0) is 71.5 Å². The van der Waals surface area contributed by atoms with Gasteiger partial charge in [0.05, 0.1) is 0 Å². The minimum atomic E-state index is -0.855. The fraction of sp³-hybridized carbons (Fsp3) is 0.200. The summed E-state index contributed by atoms with van der Waals surface area (Å²) < 4.78 is 40.1. The summed E-state index contributed by atoms with van der Waals surface area (Å²) in [7, 11) is 1.78. The number of nitrogens with one attached hydrogen (secondary N) is 1. The Hall–Kier alpha value is -1.08. The van der Waals surface area contributed by atoms with Crippen LogP contribution in [-0.4, -0.2) is 7.05 Å². The van der Waals surface area contributed by atoms with Gasteiger partial charge >= 0.3 is 0 Å². The van der Waals surface area contributed by atoms with Gasteiger partial charge in [0.2, 0.25) is 0 Å². The maximum absolute atomic E-state index is 13.2. The molecule has 106 valence electrons. The van der Waals surface area contributed by atoms with Crippen LogP contribution in [0.3, 0.4) is 0 Å². The molecule has 0 aliphatic rings. The third-order valence-corrected chi connectivity index (χ3v) is 4.04. The van der Waals surface area contributed by atoms with Crippen molar-refractivity contribution in [2.45, 2.75) is 12.5 Å². The third kappa shape index (κ3) is 3.52. The number of benzene rings is 2. The molecule has 20 heavy (non-hydrogen) atoms. The fourth-order valence-electron chi connectivity index (χ4n) is 2.05. The van der Waals surface area contributed by atoms with E-state index in [0.717, 1.165) is 15.2 Å². The Bertz CT molecular complexity index is 616. The van der Waals surface area contributed by atoms with Crippen molar-refractivity contribution in [3.63, 3.8) is 0 Å². The monoisotopic (exact) mass is 391 g/mol. The lowest BCUT2D eigenvalue weighted by Crippen LogP contribution is -2.20. The highest BCUT2D eigenvalue weighted by Crippen LogP contribution is 2.24. The lowest BCUT2D eigenvalue weighted by molar-refractivity contribution is 0.504. The maximum atomic E-state index is 13.2. The molecule has 1 atom stereocenters. The first-order chi connectivity index (χ1) is 9.51. The van der Waals surface area contributed by atoms with E-state index in [1.807, 2.05) is 0 Å². The molecule has 0 radical (unpaired) electrons. The smallest absolute Gasteiger partial charge is 0.159 e. The maximum Gasteiger partial charge on any atom is 0.159 e. The molecule has 5 heteroatoms. The van der Waals surface area contributed by atoms with E-state index in [9.17, 15) is 13.2 Å². The first-order valence-corrected chi connectivity index (χ1v) is 7.15. The third-order valence-electron chi connectivity index (χ3n) is 3.11. The lowest BCUT2D eigenvalue weighted by Gasteiger charge is -2.18. The minimum Gasteiger partial charge on any atom is -0.313 e. The van der Waals surface area contributed by atoms with E-state index < -0.39 is 11.6 Å². The van der Waals surface area contributed by atoms with Gasteiger partial charge in [-0.25, -0.2) is 13.2 Å². The average Bonchev–Trinajstić information content (AvgIpc) is 2.41. The Kier molecular flexibility index (Phi) is 5.04. The molecule has 0 saturated carbocycles. The molecule has 0 amide bonds. The standard InChI is InChI=1S/C15H13F3IN/c1-20-15(11-4-3-10(16)8-14(11)19)7-9-2-5-12(17)13(18)6-9/h2-6,8,15,20H,7H2,1H3. The van der Waals surface area contributed by atoms with Crippen LogP contribution in [0.5, 0.6) is 0 Å². The lowest BCUT2D eigenvalue weighted by atomic mass is 9.99. The number of likely N-dealkylation sites (N-methyl/N-ethyl adjacent to an activating group) is 1. The molecule has 1 N–H and O–H groups in total. The fourth-order valence-corrected chi connectivity index (χ4v) is 2.91. The van der Waals surface area contributed by atoms with Gasteiger partial charge in [0, 0.05) is 9.61 Å². The van der Waals surface area contributed by atoms with Gasteiger partial charge < -0.3 is 5.32 Å². The van der Waals surface area contributed by atoms with Gasteiger partial charge in [-0.15, -0.1) is 0 Å².